The molecule has 1 fully saturated rings. The number of methoxy groups -OCH3 is 1. The number of aliphatic hydroxyl groups excluding tert-OH is 4. The van der Waals surface area contributed by atoms with Crippen LogP contribution >= 0.6 is 15.6 Å². The van der Waals surface area contributed by atoms with Crippen LogP contribution in [0, 0.1) is 0 Å². The molecule has 28 heteroatoms. The lowest BCUT2D eigenvalue weighted by atomic mass is 9.95. The molecule has 0 aromatic carbocycles. The molecule has 26 nitrogen and oxygen atoms in total. The molecule has 10 N–H and O–H groups in total. The SMILES string of the molecule is CCCCCCCCCCCCCC(=O)OC(CCCCCCCCCCC)CC(=O)NCC(OCC1OC(OP(=O)(O)O)C(NC(=O)CC(O)CCCCCCCCCCC)C(OC(=O)CC(O)CCCCCCCCCCC)C1OC)OC(CO)C(OP(=O)(O)O)C(C)OC(=O)CC(O)CCCCCCCCCCC. The van der Waals surface area contributed by atoms with Crippen LogP contribution < -0.4 is 10.6 Å². The molecule has 0 saturated carbocycles. The number of ether oxygens (including phenoxy) is 7. The lowest BCUT2D eigenvalue weighted by Gasteiger charge is -2.45. The zero-order chi connectivity index (χ0) is 82.9. The number of carbonyl (C=O) groups excluding carboxylic acids is 5. The van der Waals surface area contributed by atoms with Crippen LogP contribution in [0.3, 0.4) is 0 Å². The maximum atomic E-state index is 14.4. The number of amides is 2. The van der Waals surface area contributed by atoms with Gasteiger partial charge in [0.1, 0.15) is 42.7 Å². The predicted molar refractivity (Wildman–Crippen MR) is 436 cm³/mol. The largest absolute Gasteiger partial charge is 0.472 e. The Morgan fingerprint density at radius 2 is 0.830 bits per heavy atom. The maximum absolute atomic E-state index is 14.4. The van der Waals surface area contributed by atoms with Crippen molar-refractivity contribution < 1.29 is 115 Å². The van der Waals surface area contributed by atoms with Gasteiger partial charge in [-0.3, -0.25) is 33.0 Å². The summed E-state index contributed by atoms with van der Waals surface area (Å²) >= 11 is 0. The van der Waals surface area contributed by atoms with Crippen LogP contribution in [0.4, 0.5) is 0 Å². The van der Waals surface area contributed by atoms with Crippen molar-refractivity contribution in [1.82, 2.24) is 10.6 Å². The fourth-order valence-corrected chi connectivity index (χ4v) is 15.6. The van der Waals surface area contributed by atoms with Crippen LogP contribution in [0.2, 0.25) is 0 Å². The second kappa shape index (κ2) is 70.1. The highest BCUT2D eigenvalue weighted by molar-refractivity contribution is 7.46. The normalized spacial score (nSPS) is 18.3. The molecule has 1 saturated heterocycles. The molecule has 13 atom stereocenters. The number of carbonyl (C=O) groups is 5. The van der Waals surface area contributed by atoms with E-state index in [0.29, 0.717) is 38.5 Å². The van der Waals surface area contributed by atoms with Crippen molar-refractivity contribution in [2.24, 2.45) is 0 Å². The fraction of sp³-hybridized carbons (Fsp3) is 0.940. The van der Waals surface area contributed by atoms with E-state index in [1.807, 2.05) is 0 Å². The van der Waals surface area contributed by atoms with Crippen LogP contribution in [-0.4, -0.2) is 176 Å². The summed E-state index contributed by atoms with van der Waals surface area (Å²) in [7, 11) is -9.95. The van der Waals surface area contributed by atoms with Crippen molar-refractivity contribution >= 4 is 45.4 Å². The summed E-state index contributed by atoms with van der Waals surface area (Å²) in [5.74, 6) is -3.90. The quantitative estimate of drug-likeness (QED) is 0.00889. The summed E-state index contributed by atoms with van der Waals surface area (Å²) in [4.78, 5) is 111. The minimum Gasteiger partial charge on any atom is -0.462 e. The first kappa shape index (κ1) is 107. The third kappa shape index (κ3) is 59.8. The van der Waals surface area contributed by atoms with E-state index >= 15 is 0 Å². The number of esters is 3. The van der Waals surface area contributed by atoms with Crippen molar-refractivity contribution in [3.05, 3.63) is 0 Å². The second-order valence-electron chi connectivity index (χ2n) is 31.7. The fourth-order valence-electron chi connectivity index (χ4n) is 14.5. The smallest absolute Gasteiger partial charge is 0.462 e. The van der Waals surface area contributed by atoms with Crippen LogP contribution in [0.25, 0.3) is 0 Å². The van der Waals surface area contributed by atoms with Gasteiger partial charge < -0.3 is 83.8 Å². The predicted octanol–water partition coefficient (Wildman–Crippen LogP) is 17.4. The monoisotopic (exact) mass is 1650 g/mol. The minimum atomic E-state index is -5.60. The van der Waals surface area contributed by atoms with Crippen molar-refractivity contribution in [2.45, 2.75) is 481 Å². The molecule has 1 rings (SSSR count). The Hall–Kier alpha value is -2.75. The highest BCUT2D eigenvalue weighted by Crippen LogP contribution is 2.43. The topological polar surface area (TPSA) is 388 Å². The maximum Gasteiger partial charge on any atom is 0.472 e. The summed E-state index contributed by atoms with van der Waals surface area (Å²) < 4.78 is 78.8. The molecule has 1 aliphatic heterocycles. The van der Waals surface area contributed by atoms with Crippen molar-refractivity contribution in [3.8, 4) is 0 Å². The molecule has 13 unspecified atom stereocenters. The van der Waals surface area contributed by atoms with Gasteiger partial charge in [-0.2, -0.15) is 0 Å². The van der Waals surface area contributed by atoms with Crippen molar-refractivity contribution in [3.63, 3.8) is 0 Å². The number of nitrogens with one attached hydrogen (secondary N) is 2. The summed E-state index contributed by atoms with van der Waals surface area (Å²) in [6, 6.07) is -1.77. The lowest BCUT2D eigenvalue weighted by molar-refractivity contribution is -0.277. The number of phosphoric acid groups is 2. The molecular weight excluding hydrogens is 1480 g/mol. The van der Waals surface area contributed by atoms with E-state index in [4.69, 9.17) is 42.2 Å². The van der Waals surface area contributed by atoms with Crippen molar-refractivity contribution in [2.75, 3.05) is 26.9 Å². The highest BCUT2D eigenvalue weighted by atomic mass is 31.2. The van der Waals surface area contributed by atoms with E-state index in [1.165, 1.54) is 104 Å². The Kier molecular flexibility index (Phi) is 67.2. The van der Waals surface area contributed by atoms with Gasteiger partial charge in [-0.05, 0) is 45.4 Å². The molecule has 1 heterocycles. The molecule has 0 aliphatic carbocycles. The van der Waals surface area contributed by atoms with Gasteiger partial charge in [0.2, 0.25) is 11.8 Å². The first-order chi connectivity index (χ1) is 53.8. The summed E-state index contributed by atoms with van der Waals surface area (Å²) in [5.41, 5.74) is 0. The average molecular weight is 1650 g/mol. The van der Waals surface area contributed by atoms with Gasteiger partial charge in [-0.15, -0.1) is 0 Å². The Balaban J connectivity index is 3.85. The van der Waals surface area contributed by atoms with Gasteiger partial charge >= 0.3 is 33.6 Å². The molecule has 0 bridgehead atoms. The number of rotatable bonds is 79. The second-order valence-corrected chi connectivity index (χ2v) is 34.1. The zero-order valence-electron chi connectivity index (χ0n) is 70.7. The number of hydrogen-bond donors (Lipinski definition) is 10. The molecule has 0 aromatic rings. The van der Waals surface area contributed by atoms with Gasteiger partial charge in [-0.1, -0.05) is 324 Å². The van der Waals surface area contributed by atoms with Gasteiger partial charge in [0.25, 0.3) is 0 Å². The molecule has 112 heavy (non-hydrogen) atoms. The van der Waals surface area contributed by atoms with Crippen LogP contribution in [0.15, 0.2) is 0 Å². The van der Waals surface area contributed by atoms with E-state index in [9.17, 15) is 73.1 Å². The first-order valence-electron chi connectivity index (χ1n) is 44.6. The Morgan fingerprint density at radius 3 is 1.22 bits per heavy atom. The number of hydrogen-bond acceptors (Lipinski definition) is 20. The molecule has 0 spiro atoms. The number of unbranched alkanes of at least 4 members (excludes halogenated alkanes) is 42. The molecular formula is C84H162N2O24P2. The van der Waals surface area contributed by atoms with E-state index in [-0.39, 0.29) is 32.1 Å². The summed E-state index contributed by atoms with van der Waals surface area (Å²) in [6.07, 6.45) is 29.7. The Labute approximate surface area is 675 Å². The van der Waals surface area contributed by atoms with Gasteiger partial charge in [0, 0.05) is 13.5 Å². The highest BCUT2D eigenvalue weighted by Gasteiger charge is 2.52. The third-order valence-corrected chi connectivity index (χ3v) is 22.1. The third-order valence-electron chi connectivity index (χ3n) is 21.1. The Bertz CT molecular complexity index is 2390. The van der Waals surface area contributed by atoms with Crippen LogP contribution in [0.1, 0.15) is 401 Å². The molecule has 0 aromatic heterocycles. The molecule has 2 amide bonds. The van der Waals surface area contributed by atoms with E-state index in [2.05, 4.69) is 45.3 Å². The molecule has 1 aliphatic rings. The zero-order valence-corrected chi connectivity index (χ0v) is 72.5. The number of aliphatic hydroxyl groups is 4. The van der Waals surface area contributed by atoms with E-state index in [0.717, 1.165) is 180 Å². The van der Waals surface area contributed by atoms with Gasteiger partial charge in [-0.25, -0.2) is 9.13 Å². The van der Waals surface area contributed by atoms with Gasteiger partial charge in [0.05, 0.1) is 63.8 Å². The minimum absolute atomic E-state index is 0.160. The first-order valence-corrected chi connectivity index (χ1v) is 47.6. The summed E-state index contributed by atoms with van der Waals surface area (Å²) in [5, 5.41) is 49.7. The van der Waals surface area contributed by atoms with E-state index in [1.54, 1.807) is 0 Å². The lowest BCUT2D eigenvalue weighted by Crippen LogP contribution is -2.66. The molecule has 662 valence electrons. The molecule has 0 radical (unpaired) electrons. The summed E-state index contributed by atoms with van der Waals surface area (Å²) in [6.45, 7) is 9.55. The standard InChI is InChI=1S/C84H162N2O24P2/c1-8-13-18-23-28-33-34-39-44-49-54-59-76(93)105-71(58-53-48-43-38-32-27-22-17-12-5)63-74(91)85-64-79(106-72(65-87)81(109-111(96,97)98)67(6)104-77(94)61-69(89)56-51-46-41-36-30-25-20-15-10-3)103-66-73-82(102-7)83(108-78(95)62-70(90)57-52-47-42-37-31-26-21-16-11-4)80(84(107-73)110-112(99,100)101)86-75(92)60-68(88)55-50-45-40-35-29-24-19-14-9-2/h67-73,79-84,87-90H,8-66H2,1-7H3,(H,85,91)(H,86,92)(H2,96,97,98)(H2,99,100,101). The van der Waals surface area contributed by atoms with Gasteiger partial charge in [0.15, 0.2) is 18.7 Å². The van der Waals surface area contributed by atoms with E-state index < -0.39 is 164 Å². The number of phosphoric ester groups is 2. The van der Waals surface area contributed by atoms with Crippen molar-refractivity contribution in [1.29, 1.82) is 0 Å². The van der Waals surface area contributed by atoms with Crippen LogP contribution in [-0.2, 0) is 75.3 Å². The average Bonchev–Trinajstić information content (AvgIpc) is 0.780. The Morgan fingerprint density at radius 1 is 0.446 bits per heavy atom. The van der Waals surface area contributed by atoms with Crippen LogP contribution in [0.5, 0.6) is 0 Å².